The zero-order valence-electron chi connectivity index (χ0n) is 13.8. The highest BCUT2D eigenvalue weighted by Gasteiger charge is 2.02. The molecule has 0 fully saturated rings. The molecular weight excluding hydrogens is 326 g/mol. The Bertz CT molecular complexity index is 1070. The van der Waals surface area contributed by atoms with Gasteiger partial charge in [-0.3, -0.25) is 10.1 Å². The van der Waals surface area contributed by atoms with Crippen molar-refractivity contribution in [1.82, 2.24) is 10.2 Å². The first-order valence-electron chi connectivity index (χ1n) is 8.09. The number of benzene rings is 2. The van der Waals surface area contributed by atoms with Gasteiger partial charge in [0.15, 0.2) is 0 Å². The van der Waals surface area contributed by atoms with Gasteiger partial charge in [0.2, 0.25) is 0 Å². The number of nitrogens with one attached hydrogen (secondary N) is 1. The lowest BCUT2D eigenvalue weighted by molar-refractivity contribution is 1.11. The fourth-order valence-electron chi connectivity index (χ4n) is 2.67. The van der Waals surface area contributed by atoms with Crippen LogP contribution in [0.25, 0.3) is 23.1 Å². The van der Waals surface area contributed by atoms with Crippen LogP contribution in [0.15, 0.2) is 65.0 Å². The summed E-state index contributed by atoms with van der Waals surface area (Å²) >= 11 is 1.71. The zero-order chi connectivity index (χ0) is 17.1. The Hall–Kier alpha value is -2.98. The van der Waals surface area contributed by atoms with E-state index in [1.54, 1.807) is 11.3 Å². The van der Waals surface area contributed by atoms with Crippen molar-refractivity contribution in [3.8, 4) is 0 Å². The van der Waals surface area contributed by atoms with Gasteiger partial charge in [0.05, 0.1) is 16.9 Å². The van der Waals surface area contributed by atoms with Gasteiger partial charge in [-0.25, -0.2) is 0 Å². The van der Waals surface area contributed by atoms with Crippen LogP contribution in [0.2, 0.25) is 0 Å². The topological polar surface area (TPSA) is 41.0 Å². The SMILES string of the molecule is Cc1ccsc1/C=N/c1ccccc1/C=C/c1n[nH]c2ccccc12. The highest BCUT2D eigenvalue weighted by atomic mass is 32.1. The largest absolute Gasteiger partial charge is 0.277 e. The molecule has 4 aromatic rings. The van der Waals surface area contributed by atoms with Gasteiger partial charge in [0.25, 0.3) is 0 Å². The van der Waals surface area contributed by atoms with Crippen molar-refractivity contribution in [2.75, 3.05) is 0 Å². The molecule has 0 aliphatic carbocycles. The number of rotatable bonds is 4. The van der Waals surface area contributed by atoms with Gasteiger partial charge in [-0.1, -0.05) is 42.5 Å². The predicted octanol–water partition coefficient (Wildman–Crippen LogP) is 5.85. The van der Waals surface area contributed by atoms with E-state index < -0.39 is 0 Å². The quantitative estimate of drug-likeness (QED) is 0.464. The molecule has 25 heavy (non-hydrogen) atoms. The van der Waals surface area contributed by atoms with E-state index in [0.717, 1.165) is 27.8 Å². The number of nitrogens with zero attached hydrogens (tertiary/aromatic N) is 2. The second-order valence-electron chi connectivity index (χ2n) is 5.77. The van der Waals surface area contributed by atoms with E-state index in [4.69, 9.17) is 0 Å². The Kier molecular flexibility index (Phi) is 4.27. The molecule has 0 spiro atoms. The van der Waals surface area contributed by atoms with Crippen LogP contribution in [-0.2, 0) is 0 Å². The number of H-pyrrole nitrogens is 1. The van der Waals surface area contributed by atoms with Crippen LogP contribution < -0.4 is 0 Å². The number of hydrogen-bond acceptors (Lipinski definition) is 3. The minimum atomic E-state index is 0.934. The van der Waals surface area contributed by atoms with E-state index in [0.29, 0.717) is 0 Å². The van der Waals surface area contributed by atoms with Gasteiger partial charge in [0.1, 0.15) is 0 Å². The lowest BCUT2D eigenvalue weighted by Gasteiger charge is -2.00. The molecule has 0 aliphatic heterocycles. The molecule has 0 unspecified atom stereocenters. The van der Waals surface area contributed by atoms with E-state index in [-0.39, 0.29) is 0 Å². The first kappa shape index (κ1) is 15.5. The molecular formula is C21H17N3S. The minimum Gasteiger partial charge on any atom is -0.277 e. The normalized spacial score (nSPS) is 11.9. The standard InChI is InChI=1S/C21H17N3S/c1-15-12-13-25-21(15)14-22-18-8-4-2-6-16(18)10-11-20-17-7-3-5-9-19(17)23-24-20/h2-14H,1H3,(H,23,24)/b11-10+,22-14+. The second kappa shape index (κ2) is 6.87. The van der Waals surface area contributed by atoms with Crippen LogP contribution in [0.1, 0.15) is 21.7 Å². The number of para-hydroxylation sites is 2. The molecule has 4 heteroatoms. The van der Waals surface area contributed by atoms with Crippen LogP contribution in [-0.4, -0.2) is 16.4 Å². The van der Waals surface area contributed by atoms with Crippen molar-refractivity contribution < 1.29 is 0 Å². The molecule has 2 aromatic heterocycles. The van der Waals surface area contributed by atoms with E-state index in [9.17, 15) is 0 Å². The summed E-state index contributed by atoms with van der Waals surface area (Å²) in [5.41, 5.74) is 5.25. The Morgan fingerprint density at radius 2 is 1.84 bits per heavy atom. The van der Waals surface area contributed by atoms with Crippen LogP contribution in [0.3, 0.4) is 0 Å². The van der Waals surface area contributed by atoms with Crippen LogP contribution >= 0.6 is 11.3 Å². The predicted molar refractivity (Wildman–Crippen MR) is 108 cm³/mol. The fourth-order valence-corrected chi connectivity index (χ4v) is 3.46. The van der Waals surface area contributed by atoms with Gasteiger partial charge in [-0.15, -0.1) is 11.3 Å². The third-order valence-electron chi connectivity index (χ3n) is 4.08. The molecule has 3 nitrogen and oxygen atoms in total. The third kappa shape index (κ3) is 3.30. The molecule has 0 saturated carbocycles. The van der Waals surface area contributed by atoms with Crippen LogP contribution in [0.5, 0.6) is 0 Å². The van der Waals surface area contributed by atoms with E-state index >= 15 is 0 Å². The van der Waals surface area contributed by atoms with Crippen molar-refractivity contribution in [3.05, 3.63) is 81.7 Å². The van der Waals surface area contributed by atoms with Crippen molar-refractivity contribution in [3.63, 3.8) is 0 Å². The maximum Gasteiger partial charge on any atom is 0.0927 e. The highest BCUT2D eigenvalue weighted by molar-refractivity contribution is 7.11. The molecule has 0 radical (unpaired) electrons. The molecule has 2 heterocycles. The third-order valence-corrected chi connectivity index (χ3v) is 5.03. The van der Waals surface area contributed by atoms with Crippen LogP contribution in [0.4, 0.5) is 5.69 Å². The highest BCUT2D eigenvalue weighted by Crippen LogP contribution is 2.24. The first-order valence-corrected chi connectivity index (χ1v) is 8.97. The smallest absolute Gasteiger partial charge is 0.0927 e. The molecule has 0 bridgehead atoms. The summed E-state index contributed by atoms with van der Waals surface area (Å²) in [5, 5.41) is 10.7. The molecule has 4 rings (SSSR count). The van der Waals surface area contributed by atoms with Gasteiger partial charge in [-0.2, -0.15) is 5.10 Å². The van der Waals surface area contributed by atoms with Crippen molar-refractivity contribution in [2.45, 2.75) is 6.92 Å². The van der Waals surface area contributed by atoms with E-state index in [1.165, 1.54) is 10.4 Å². The molecule has 0 atom stereocenters. The molecule has 0 aliphatic rings. The summed E-state index contributed by atoms with van der Waals surface area (Å²) in [4.78, 5) is 5.87. The first-order chi connectivity index (χ1) is 12.3. The number of hydrogen-bond donors (Lipinski definition) is 1. The average Bonchev–Trinajstić information content (AvgIpc) is 3.25. The van der Waals surface area contributed by atoms with Crippen LogP contribution in [0, 0.1) is 6.92 Å². The Labute approximate surface area is 150 Å². The Morgan fingerprint density at radius 3 is 2.72 bits per heavy atom. The molecule has 0 saturated heterocycles. The van der Waals surface area contributed by atoms with Gasteiger partial charge >= 0.3 is 0 Å². The lowest BCUT2D eigenvalue weighted by atomic mass is 10.1. The maximum atomic E-state index is 4.68. The van der Waals surface area contributed by atoms with Crippen molar-refractivity contribution >= 4 is 46.3 Å². The summed E-state index contributed by atoms with van der Waals surface area (Å²) in [6.45, 7) is 2.10. The average molecular weight is 343 g/mol. The van der Waals surface area contributed by atoms with Gasteiger partial charge in [0, 0.05) is 22.0 Å². The number of aliphatic imine (C=N–C) groups is 1. The summed E-state index contributed by atoms with van der Waals surface area (Å²) in [7, 11) is 0. The number of thiophene rings is 1. The summed E-state index contributed by atoms with van der Waals surface area (Å²) in [6.07, 6.45) is 6.04. The summed E-state index contributed by atoms with van der Waals surface area (Å²) in [5.74, 6) is 0. The Balaban J connectivity index is 1.65. The maximum absolute atomic E-state index is 4.68. The number of aromatic amines is 1. The minimum absolute atomic E-state index is 0.934. The lowest BCUT2D eigenvalue weighted by Crippen LogP contribution is -1.80. The van der Waals surface area contributed by atoms with E-state index in [2.05, 4.69) is 51.8 Å². The summed E-state index contributed by atoms with van der Waals surface area (Å²) in [6, 6.07) is 18.4. The van der Waals surface area contributed by atoms with E-state index in [1.807, 2.05) is 48.7 Å². The fraction of sp³-hybridized carbons (Fsp3) is 0.0476. The molecule has 1 N–H and O–H groups in total. The Morgan fingerprint density at radius 1 is 1.00 bits per heavy atom. The second-order valence-corrected chi connectivity index (χ2v) is 6.72. The van der Waals surface area contributed by atoms with Gasteiger partial charge in [-0.05, 0) is 42.1 Å². The van der Waals surface area contributed by atoms with Crippen molar-refractivity contribution in [1.29, 1.82) is 0 Å². The number of fused-ring (bicyclic) bond motifs is 1. The van der Waals surface area contributed by atoms with Gasteiger partial charge < -0.3 is 0 Å². The van der Waals surface area contributed by atoms with Crippen molar-refractivity contribution in [2.24, 2.45) is 4.99 Å². The number of aryl methyl sites for hydroxylation is 1. The number of aromatic nitrogens is 2. The molecule has 2 aromatic carbocycles. The zero-order valence-corrected chi connectivity index (χ0v) is 14.6. The molecule has 122 valence electrons. The monoisotopic (exact) mass is 343 g/mol. The summed E-state index contributed by atoms with van der Waals surface area (Å²) < 4.78 is 0. The molecule has 0 amide bonds.